The highest BCUT2D eigenvalue weighted by molar-refractivity contribution is 5.67. The van der Waals surface area contributed by atoms with Gasteiger partial charge in [-0.2, -0.15) is 0 Å². The molecule has 0 saturated carbocycles. The molecule has 0 radical (unpaired) electrons. The number of carbonyl (C=O) groups excluding carboxylic acids is 1. The molecule has 2 atom stereocenters. The molecule has 20 heavy (non-hydrogen) atoms. The van der Waals surface area contributed by atoms with Crippen molar-refractivity contribution in [3.8, 4) is 0 Å². The lowest BCUT2D eigenvalue weighted by Gasteiger charge is -2.20. The van der Waals surface area contributed by atoms with E-state index in [1.165, 1.54) is 0 Å². The summed E-state index contributed by atoms with van der Waals surface area (Å²) in [4.78, 5) is 11.6. The molecule has 2 rings (SSSR count). The van der Waals surface area contributed by atoms with Gasteiger partial charge < -0.3 is 19.5 Å². The van der Waals surface area contributed by atoms with Gasteiger partial charge in [0.05, 0.1) is 6.61 Å². The van der Waals surface area contributed by atoms with Crippen molar-refractivity contribution < 1.29 is 19.0 Å². The monoisotopic (exact) mass is 277 g/mol. The van der Waals surface area contributed by atoms with Crippen LogP contribution in [0, 0.1) is 0 Å². The molecule has 0 aliphatic carbocycles. The molecule has 0 unspecified atom stereocenters. The van der Waals surface area contributed by atoms with Crippen LogP contribution in [-0.2, 0) is 20.8 Å². The minimum Gasteiger partial charge on any atom is -0.445 e. The van der Waals surface area contributed by atoms with Gasteiger partial charge >= 0.3 is 6.09 Å². The van der Waals surface area contributed by atoms with E-state index < -0.39 is 6.09 Å². The Morgan fingerprint density at radius 1 is 1.45 bits per heavy atom. The quantitative estimate of drug-likeness (QED) is 0.807. The predicted octanol–water partition coefficient (Wildman–Crippen LogP) is 1.88. The maximum atomic E-state index is 11.6. The van der Waals surface area contributed by atoms with Gasteiger partial charge in [0.25, 0.3) is 0 Å². The maximum Gasteiger partial charge on any atom is 0.407 e. The lowest BCUT2D eigenvalue weighted by Crippen LogP contribution is -2.40. The zero-order valence-electron chi connectivity index (χ0n) is 11.5. The fraction of sp³-hybridized carbons (Fsp3) is 0.400. The molecule has 0 spiro atoms. The minimum atomic E-state index is -0.460. The number of rotatable bonds is 6. The van der Waals surface area contributed by atoms with E-state index in [2.05, 4.69) is 5.32 Å². The van der Waals surface area contributed by atoms with E-state index in [0.29, 0.717) is 13.2 Å². The number of benzene rings is 1. The van der Waals surface area contributed by atoms with Crippen LogP contribution in [0.1, 0.15) is 5.56 Å². The van der Waals surface area contributed by atoms with Gasteiger partial charge in [0.15, 0.2) is 0 Å². The molecule has 1 heterocycles. The molecule has 5 nitrogen and oxygen atoms in total. The summed E-state index contributed by atoms with van der Waals surface area (Å²) >= 11 is 0. The van der Waals surface area contributed by atoms with Crippen molar-refractivity contribution in [1.82, 2.24) is 5.32 Å². The van der Waals surface area contributed by atoms with Gasteiger partial charge in [0.1, 0.15) is 18.8 Å². The van der Waals surface area contributed by atoms with Crippen molar-refractivity contribution in [2.75, 3.05) is 20.3 Å². The minimum absolute atomic E-state index is 0.116. The van der Waals surface area contributed by atoms with E-state index in [4.69, 9.17) is 14.2 Å². The number of nitrogens with one attached hydrogen (secondary N) is 1. The second kappa shape index (κ2) is 7.67. The van der Waals surface area contributed by atoms with Gasteiger partial charge in [-0.3, -0.25) is 0 Å². The van der Waals surface area contributed by atoms with Crippen LogP contribution in [0.2, 0.25) is 0 Å². The Kier molecular flexibility index (Phi) is 5.58. The summed E-state index contributed by atoms with van der Waals surface area (Å²) in [5.74, 6) is 0. The summed E-state index contributed by atoms with van der Waals surface area (Å²) < 4.78 is 15.9. The number of ether oxygens (including phenoxy) is 3. The Hall–Kier alpha value is -1.85. The number of hydrogen-bond donors (Lipinski definition) is 1. The first kappa shape index (κ1) is 14.6. The van der Waals surface area contributed by atoms with Crippen molar-refractivity contribution in [3.63, 3.8) is 0 Å². The Labute approximate surface area is 118 Å². The number of carbonyl (C=O) groups is 1. The van der Waals surface area contributed by atoms with E-state index in [1.807, 2.05) is 42.5 Å². The van der Waals surface area contributed by atoms with Crippen molar-refractivity contribution in [2.45, 2.75) is 18.8 Å². The first-order valence-corrected chi connectivity index (χ1v) is 6.55. The van der Waals surface area contributed by atoms with Crippen molar-refractivity contribution >= 4 is 6.09 Å². The highest BCUT2D eigenvalue weighted by Crippen LogP contribution is 2.10. The van der Waals surface area contributed by atoms with E-state index in [0.717, 1.165) is 5.56 Å². The first-order valence-electron chi connectivity index (χ1n) is 6.55. The number of amides is 1. The van der Waals surface area contributed by atoms with Crippen LogP contribution in [0.15, 0.2) is 42.5 Å². The third-order valence-electron chi connectivity index (χ3n) is 3.04. The Morgan fingerprint density at radius 2 is 2.25 bits per heavy atom. The lowest BCUT2D eigenvalue weighted by atomic mass is 10.2. The molecule has 108 valence electrons. The molecule has 1 aromatic carbocycles. The maximum absolute atomic E-state index is 11.6. The summed E-state index contributed by atoms with van der Waals surface area (Å²) in [6.07, 6.45) is 3.08. The van der Waals surface area contributed by atoms with Crippen LogP contribution in [0.5, 0.6) is 0 Å². The van der Waals surface area contributed by atoms with Gasteiger partial charge in [0.2, 0.25) is 0 Å². The van der Waals surface area contributed by atoms with Gasteiger partial charge in [-0.15, -0.1) is 0 Å². The molecule has 1 aliphatic rings. The average Bonchev–Trinajstić information content (AvgIpc) is 3.01. The smallest absolute Gasteiger partial charge is 0.407 e. The largest absolute Gasteiger partial charge is 0.445 e. The number of alkyl carbamates (subject to hydrolysis) is 1. The topological polar surface area (TPSA) is 56.8 Å². The van der Waals surface area contributed by atoms with Crippen LogP contribution in [0.4, 0.5) is 4.79 Å². The third kappa shape index (κ3) is 4.36. The fourth-order valence-corrected chi connectivity index (χ4v) is 1.93. The summed E-state index contributed by atoms with van der Waals surface area (Å²) in [5, 5.41) is 2.68. The molecule has 1 amide bonds. The molecule has 1 aliphatic heterocycles. The Balaban J connectivity index is 1.70. The van der Waals surface area contributed by atoms with E-state index in [1.54, 1.807) is 7.11 Å². The first-order chi connectivity index (χ1) is 9.79. The standard InChI is InChI=1S/C15H19NO4/c1-18-14(13-8-5-9-19-13)10-16-15(17)20-11-12-6-3-2-4-7-12/h2-8,13-14H,9-11H2,1H3,(H,16,17)/t13-,14+/m0/s1. The summed E-state index contributed by atoms with van der Waals surface area (Å²) in [7, 11) is 1.59. The molecule has 1 aromatic rings. The third-order valence-corrected chi connectivity index (χ3v) is 3.04. The van der Waals surface area contributed by atoms with Crippen LogP contribution in [0.3, 0.4) is 0 Å². The highest BCUT2D eigenvalue weighted by Gasteiger charge is 2.22. The second-order valence-electron chi connectivity index (χ2n) is 4.44. The molecule has 0 saturated heterocycles. The van der Waals surface area contributed by atoms with Gasteiger partial charge in [-0.1, -0.05) is 42.5 Å². The SMILES string of the molecule is CO[C@H](CNC(=O)OCc1ccccc1)[C@@H]1C=CCO1. The fourth-order valence-electron chi connectivity index (χ4n) is 1.93. The average molecular weight is 277 g/mol. The van der Waals surface area contributed by atoms with Gasteiger partial charge in [0, 0.05) is 13.7 Å². The second-order valence-corrected chi connectivity index (χ2v) is 4.44. The Morgan fingerprint density at radius 3 is 2.90 bits per heavy atom. The summed E-state index contributed by atoms with van der Waals surface area (Å²) in [5.41, 5.74) is 0.952. The number of methoxy groups -OCH3 is 1. The summed E-state index contributed by atoms with van der Waals surface area (Å²) in [6, 6.07) is 9.54. The van der Waals surface area contributed by atoms with E-state index in [9.17, 15) is 4.79 Å². The van der Waals surface area contributed by atoms with Gasteiger partial charge in [-0.05, 0) is 5.56 Å². The highest BCUT2D eigenvalue weighted by atomic mass is 16.6. The van der Waals surface area contributed by atoms with Crippen LogP contribution in [0.25, 0.3) is 0 Å². The van der Waals surface area contributed by atoms with Crippen molar-refractivity contribution in [3.05, 3.63) is 48.0 Å². The Bertz CT molecular complexity index is 446. The molecule has 5 heteroatoms. The van der Waals surface area contributed by atoms with E-state index in [-0.39, 0.29) is 18.8 Å². The van der Waals surface area contributed by atoms with Crippen LogP contribution >= 0.6 is 0 Å². The predicted molar refractivity (Wildman–Crippen MR) is 74.3 cm³/mol. The van der Waals surface area contributed by atoms with Crippen LogP contribution < -0.4 is 5.32 Å². The van der Waals surface area contributed by atoms with Crippen molar-refractivity contribution in [1.29, 1.82) is 0 Å². The summed E-state index contributed by atoms with van der Waals surface area (Å²) in [6.45, 7) is 1.19. The lowest BCUT2D eigenvalue weighted by molar-refractivity contribution is -0.0126. The molecule has 1 N–H and O–H groups in total. The van der Waals surface area contributed by atoms with Gasteiger partial charge in [-0.25, -0.2) is 4.79 Å². The zero-order chi connectivity index (χ0) is 14.2. The van der Waals surface area contributed by atoms with Crippen LogP contribution in [-0.4, -0.2) is 38.6 Å². The molecular formula is C15H19NO4. The van der Waals surface area contributed by atoms with E-state index >= 15 is 0 Å². The molecule has 0 aromatic heterocycles. The zero-order valence-corrected chi connectivity index (χ0v) is 11.5. The normalized spacial score (nSPS) is 18.8. The number of hydrogen-bond acceptors (Lipinski definition) is 4. The van der Waals surface area contributed by atoms with Crippen molar-refractivity contribution in [2.24, 2.45) is 0 Å². The molecule has 0 bridgehead atoms. The molecule has 0 fully saturated rings. The molecular weight excluding hydrogens is 258 g/mol.